The van der Waals surface area contributed by atoms with Crippen molar-refractivity contribution in [3.8, 4) is 0 Å². The molecule has 0 spiro atoms. The predicted octanol–water partition coefficient (Wildman–Crippen LogP) is 2.82. The Morgan fingerprint density at radius 1 is 1.32 bits per heavy atom. The number of benzene rings is 1. The van der Waals surface area contributed by atoms with Gasteiger partial charge in [-0.15, -0.1) is 0 Å². The third-order valence-electron chi connectivity index (χ3n) is 2.18. The van der Waals surface area contributed by atoms with Crippen LogP contribution in [-0.2, 0) is 11.3 Å². The number of hydrogen-bond donors (Lipinski definition) is 1. The van der Waals surface area contributed by atoms with Crippen LogP contribution >= 0.6 is 11.8 Å². The minimum absolute atomic E-state index is 0.0250. The van der Waals surface area contributed by atoms with E-state index in [1.807, 2.05) is 0 Å². The molecule has 106 valence electrons. The number of alkyl halides is 3. The highest BCUT2D eigenvalue weighted by atomic mass is 32.2. The number of carbonyl (C=O) groups excluding carboxylic acids is 1. The number of rotatable bonds is 6. The van der Waals surface area contributed by atoms with E-state index >= 15 is 0 Å². The summed E-state index contributed by atoms with van der Waals surface area (Å²) in [5, 5.41) is 2.43. The molecule has 7 heteroatoms. The van der Waals surface area contributed by atoms with Gasteiger partial charge in [-0.1, -0.05) is 12.1 Å². The van der Waals surface area contributed by atoms with Gasteiger partial charge in [0.05, 0.1) is 6.61 Å². The first-order valence-corrected chi connectivity index (χ1v) is 6.47. The molecule has 0 radical (unpaired) electrons. The Morgan fingerprint density at radius 2 is 1.95 bits per heavy atom. The van der Waals surface area contributed by atoms with Gasteiger partial charge in [0, 0.05) is 25.0 Å². The van der Waals surface area contributed by atoms with E-state index in [2.05, 4.69) is 5.32 Å². The number of amides is 1. The minimum atomic E-state index is -4.26. The molecule has 0 atom stereocenters. The van der Waals surface area contributed by atoms with Crippen molar-refractivity contribution in [1.82, 2.24) is 5.32 Å². The molecular formula is C12H14F3NO2S. The van der Waals surface area contributed by atoms with Crippen LogP contribution < -0.4 is 5.32 Å². The maximum Gasteiger partial charge on any atom is 0.441 e. The lowest BCUT2D eigenvalue weighted by Gasteiger charge is -2.07. The monoisotopic (exact) mass is 293 g/mol. The molecule has 1 aromatic carbocycles. The first-order chi connectivity index (χ1) is 8.92. The molecule has 19 heavy (non-hydrogen) atoms. The van der Waals surface area contributed by atoms with Gasteiger partial charge in [-0.25, -0.2) is 0 Å². The second-order valence-corrected chi connectivity index (χ2v) is 4.84. The molecule has 0 aliphatic rings. The molecule has 0 unspecified atom stereocenters. The van der Waals surface area contributed by atoms with E-state index in [0.717, 1.165) is 5.56 Å². The number of methoxy groups -OCH3 is 1. The zero-order valence-corrected chi connectivity index (χ0v) is 11.1. The Labute approximate surface area is 113 Å². The van der Waals surface area contributed by atoms with Gasteiger partial charge < -0.3 is 10.1 Å². The first kappa shape index (κ1) is 15.8. The number of ether oxygens (including phenoxy) is 1. The molecule has 0 heterocycles. The van der Waals surface area contributed by atoms with Crippen LogP contribution in [0.1, 0.15) is 15.9 Å². The maximum absolute atomic E-state index is 11.9. The Hall–Kier alpha value is -1.21. The zero-order chi connectivity index (χ0) is 14.3. The Bertz CT molecular complexity index is 406. The van der Waals surface area contributed by atoms with Crippen molar-refractivity contribution in [3.05, 3.63) is 35.4 Å². The number of nitrogens with one attached hydrogen (secondary N) is 1. The summed E-state index contributed by atoms with van der Waals surface area (Å²) in [5.41, 5.74) is -2.92. The number of hydrogen-bond acceptors (Lipinski definition) is 3. The fourth-order valence-electron chi connectivity index (χ4n) is 1.35. The molecule has 0 aromatic heterocycles. The number of carbonyl (C=O) groups is 1. The molecule has 0 saturated carbocycles. The van der Waals surface area contributed by atoms with E-state index in [9.17, 15) is 18.0 Å². The van der Waals surface area contributed by atoms with Crippen molar-refractivity contribution >= 4 is 17.7 Å². The van der Waals surface area contributed by atoms with E-state index in [1.165, 1.54) is 0 Å². The summed E-state index contributed by atoms with van der Waals surface area (Å²) in [5.74, 6) is -0.580. The average Bonchev–Trinajstić information content (AvgIpc) is 2.34. The van der Waals surface area contributed by atoms with Crippen LogP contribution in [0, 0.1) is 0 Å². The summed E-state index contributed by atoms with van der Waals surface area (Å²) < 4.78 is 40.5. The second kappa shape index (κ2) is 7.40. The van der Waals surface area contributed by atoms with Gasteiger partial charge in [0.2, 0.25) is 0 Å². The minimum Gasteiger partial charge on any atom is -0.380 e. The molecular weight excluding hydrogens is 279 g/mol. The molecule has 0 aliphatic heterocycles. The number of thioether (sulfide) groups is 1. The van der Waals surface area contributed by atoms with E-state index in [1.54, 1.807) is 31.4 Å². The SMILES string of the molecule is COCc1ccc(C(=O)NCCSC(F)(F)F)cc1. The lowest BCUT2D eigenvalue weighted by molar-refractivity contribution is -0.0327. The van der Waals surface area contributed by atoms with Gasteiger partial charge in [0.25, 0.3) is 5.91 Å². The molecule has 0 bridgehead atoms. The van der Waals surface area contributed by atoms with Crippen molar-refractivity contribution in [2.45, 2.75) is 12.1 Å². The van der Waals surface area contributed by atoms with E-state index in [-0.39, 0.29) is 30.0 Å². The molecule has 1 N–H and O–H groups in total. The van der Waals surface area contributed by atoms with E-state index in [4.69, 9.17) is 4.74 Å². The Morgan fingerprint density at radius 3 is 2.47 bits per heavy atom. The van der Waals surface area contributed by atoms with Crippen LogP contribution in [0.3, 0.4) is 0 Å². The highest BCUT2D eigenvalue weighted by Crippen LogP contribution is 2.29. The van der Waals surface area contributed by atoms with Crippen molar-refractivity contribution in [1.29, 1.82) is 0 Å². The average molecular weight is 293 g/mol. The first-order valence-electron chi connectivity index (χ1n) is 5.49. The predicted molar refractivity (Wildman–Crippen MR) is 68.0 cm³/mol. The zero-order valence-electron chi connectivity index (χ0n) is 10.3. The van der Waals surface area contributed by atoms with Crippen LogP contribution in [-0.4, -0.2) is 30.8 Å². The van der Waals surface area contributed by atoms with Gasteiger partial charge in [-0.2, -0.15) is 13.2 Å². The third kappa shape index (κ3) is 6.49. The molecule has 3 nitrogen and oxygen atoms in total. The summed E-state index contributed by atoms with van der Waals surface area (Å²) in [6.07, 6.45) is 0. The largest absolute Gasteiger partial charge is 0.441 e. The van der Waals surface area contributed by atoms with E-state index in [0.29, 0.717) is 12.2 Å². The quantitative estimate of drug-likeness (QED) is 0.820. The summed E-state index contributed by atoms with van der Waals surface area (Å²) >= 11 is -0.151. The smallest absolute Gasteiger partial charge is 0.380 e. The van der Waals surface area contributed by atoms with Crippen LogP contribution in [0.25, 0.3) is 0 Å². The fraction of sp³-hybridized carbons (Fsp3) is 0.417. The van der Waals surface area contributed by atoms with Crippen LogP contribution in [0.2, 0.25) is 0 Å². The molecule has 1 amide bonds. The summed E-state index contributed by atoms with van der Waals surface area (Å²) in [6.45, 7) is 0.424. The van der Waals surface area contributed by atoms with Gasteiger partial charge >= 0.3 is 5.51 Å². The molecule has 1 aromatic rings. The standard InChI is InChI=1S/C12H14F3NO2S/c1-18-8-9-2-4-10(5-3-9)11(17)16-6-7-19-12(13,14)15/h2-5H,6-8H2,1H3,(H,16,17). The summed E-state index contributed by atoms with van der Waals surface area (Å²) in [6, 6.07) is 6.70. The molecule has 0 aliphatic carbocycles. The Balaban J connectivity index is 2.37. The highest BCUT2D eigenvalue weighted by molar-refractivity contribution is 8.00. The highest BCUT2D eigenvalue weighted by Gasteiger charge is 2.27. The Kier molecular flexibility index (Phi) is 6.17. The second-order valence-electron chi connectivity index (χ2n) is 3.68. The van der Waals surface area contributed by atoms with Crippen LogP contribution in [0.5, 0.6) is 0 Å². The van der Waals surface area contributed by atoms with Crippen LogP contribution in [0.15, 0.2) is 24.3 Å². The molecule has 0 saturated heterocycles. The summed E-state index contributed by atoms with van der Waals surface area (Å²) in [7, 11) is 1.57. The van der Waals surface area contributed by atoms with Gasteiger partial charge in [-0.05, 0) is 29.5 Å². The molecule has 0 fully saturated rings. The normalized spacial score (nSPS) is 11.4. The fourth-order valence-corrected chi connectivity index (χ4v) is 1.79. The summed E-state index contributed by atoms with van der Waals surface area (Å²) in [4.78, 5) is 11.6. The van der Waals surface area contributed by atoms with Gasteiger partial charge in [0.15, 0.2) is 0 Å². The lowest BCUT2D eigenvalue weighted by Crippen LogP contribution is -2.26. The van der Waals surface area contributed by atoms with Gasteiger partial charge in [0.1, 0.15) is 0 Å². The van der Waals surface area contributed by atoms with Gasteiger partial charge in [-0.3, -0.25) is 4.79 Å². The lowest BCUT2D eigenvalue weighted by atomic mass is 10.1. The van der Waals surface area contributed by atoms with Crippen molar-refractivity contribution in [3.63, 3.8) is 0 Å². The van der Waals surface area contributed by atoms with Crippen molar-refractivity contribution in [2.24, 2.45) is 0 Å². The van der Waals surface area contributed by atoms with Crippen molar-refractivity contribution < 1.29 is 22.7 Å². The third-order valence-corrected chi connectivity index (χ3v) is 2.92. The van der Waals surface area contributed by atoms with E-state index < -0.39 is 5.51 Å². The topological polar surface area (TPSA) is 38.3 Å². The number of halogens is 3. The molecule has 1 rings (SSSR count). The van der Waals surface area contributed by atoms with Crippen LogP contribution in [0.4, 0.5) is 13.2 Å². The maximum atomic E-state index is 11.9. The van der Waals surface area contributed by atoms with Crippen molar-refractivity contribution in [2.75, 3.05) is 19.4 Å².